The van der Waals surface area contributed by atoms with Crippen LogP contribution in [-0.4, -0.2) is 30.4 Å². The molecule has 13 heavy (non-hydrogen) atoms. The van der Waals surface area contributed by atoms with Gasteiger partial charge in [-0.3, -0.25) is 0 Å². The zero-order chi connectivity index (χ0) is 10.1. The van der Waals surface area contributed by atoms with Gasteiger partial charge in [-0.2, -0.15) is 0 Å². The molecule has 4 N–H and O–H groups in total. The summed E-state index contributed by atoms with van der Waals surface area (Å²) in [7, 11) is 0. The molecular formula is C7H14N2O4. The quantitative estimate of drug-likeness (QED) is 0.419. The summed E-state index contributed by atoms with van der Waals surface area (Å²) in [5.74, 6) is 0. The van der Waals surface area contributed by atoms with E-state index in [1.165, 1.54) is 0 Å². The SMILES string of the molecule is NC(=O)NCCCCCOC(=O)O. The summed E-state index contributed by atoms with van der Waals surface area (Å²) in [4.78, 5) is 20.1. The first-order chi connectivity index (χ1) is 6.13. The highest BCUT2D eigenvalue weighted by Crippen LogP contribution is 1.94. The lowest BCUT2D eigenvalue weighted by Gasteiger charge is -2.01. The molecule has 0 saturated carbocycles. The number of urea groups is 1. The molecule has 0 saturated heterocycles. The third-order valence-corrected chi connectivity index (χ3v) is 1.35. The van der Waals surface area contributed by atoms with Crippen molar-refractivity contribution < 1.29 is 19.4 Å². The molecule has 0 atom stereocenters. The summed E-state index contributed by atoms with van der Waals surface area (Å²) < 4.78 is 4.27. The van der Waals surface area contributed by atoms with Crippen LogP contribution in [0.15, 0.2) is 0 Å². The zero-order valence-electron chi connectivity index (χ0n) is 7.28. The van der Waals surface area contributed by atoms with E-state index >= 15 is 0 Å². The van der Waals surface area contributed by atoms with Crippen LogP contribution in [0.3, 0.4) is 0 Å². The first-order valence-electron chi connectivity index (χ1n) is 4.02. The van der Waals surface area contributed by atoms with Crippen molar-refractivity contribution in [2.75, 3.05) is 13.2 Å². The molecule has 0 spiro atoms. The van der Waals surface area contributed by atoms with Gasteiger partial charge in [0, 0.05) is 6.54 Å². The average Bonchev–Trinajstić information content (AvgIpc) is 2.01. The van der Waals surface area contributed by atoms with E-state index in [0.29, 0.717) is 13.0 Å². The molecule has 6 heteroatoms. The third kappa shape index (κ3) is 10.5. The Morgan fingerprint density at radius 3 is 2.54 bits per heavy atom. The van der Waals surface area contributed by atoms with E-state index in [9.17, 15) is 9.59 Å². The summed E-state index contributed by atoms with van der Waals surface area (Å²) in [5.41, 5.74) is 4.82. The lowest BCUT2D eigenvalue weighted by Crippen LogP contribution is -2.29. The minimum atomic E-state index is -1.25. The van der Waals surface area contributed by atoms with Gasteiger partial charge < -0.3 is 20.9 Å². The zero-order valence-corrected chi connectivity index (χ0v) is 7.28. The predicted molar refractivity (Wildman–Crippen MR) is 45.4 cm³/mol. The Balaban J connectivity index is 3.00. The van der Waals surface area contributed by atoms with Crippen molar-refractivity contribution in [2.24, 2.45) is 5.73 Å². The van der Waals surface area contributed by atoms with Crippen molar-refractivity contribution in [3.05, 3.63) is 0 Å². The maximum atomic E-state index is 10.2. The molecule has 0 heterocycles. The van der Waals surface area contributed by atoms with Gasteiger partial charge >= 0.3 is 12.2 Å². The second kappa shape index (κ2) is 7.20. The molecule has 0 unspecified atom stereocenters. The molecular weight excluding hydrogens is 176 g/mol. The van der Waals surface area contributed by atoms with Crippen molar-refractivity contribution in [3.63, 3.8) is 0 Å². The Morgan fingerprint density at radius 2 is 2.00 bits per heavy atom. The monoisotopic (exact) mass is 190 g/mol. The summed E-state index contributed by atoms with van der Waals surface area (Å²) in [6, 6.07) is -0.540. The van der Waals surface area contributed by atoms with Crippen LogP contribution >= 0.6 is 0 Å². The van der Waals surface area contributed by atoms with E-state index < -0.39 is 12.2 Å². The normalized spacial score (nSPS) is 9.23. The van der Waals surface area contributed by atoms with Crippen molar-refractivity contribution in [1.29, 1.82) is 0 Å². The van der Waals surface area contributed by atoms with Crippen molar-refractivity contribution in [1.82, 2.24) is 5.32 Å². The van der Waals surface area contributed by atoms with Crippen LogP contribution in [0, 0.1) is 0 Å². The number of amides is 2. The van der Waals surface area contributed by atoms with E-state index in [0.717, 1.165) is 12.8 Å². The highest BCUT2D eigenvalue weighted by molar-refractivity contribution is 5.71. The third-order valence-electron chi connectivity index (χ3n) is 1.35. The molecule has 0 aliphatic heterocycles. The summed E-state index contributed by atoms with van der Waals surface area (Å²) in [6.07, 6.45) is 0.974. The number of unbranched alkanes of at least 4 members (excludes halogenated alkanes) is 2. The fourth-order valence-corrected chi connectivity index (χ4v) is 0.775. The molecule has 0 bridgehead atoms. The average molecular weight is 190 g/mol. The summed E-state index contributed by atoms with van der Waals surface area (Å²) in [5, 5.41) is 10.5. The van der Waals surface area contributed by atoms with Crippen molar-refractivity contribution >= 4 is 12.2 Å². The maximum Gasteiger partial charge on any atom is 0.505 e. The van der Waals surface area contributed by atoms with Gasteiger partial charge in [0.2, 0.25) is 0 Å². The Hall–Kier alpha value is -1.46. The second-order valence-electron chi connectivity index (χ2n) is 2.47. The fraction of sp³-hybridized carbons (Fsp3) is 0.714. The van der Waals surface area contributed by atoms with Crippen LogP contribution in [0.1, 0.15) is 19.3 Å². The maximum absolute atomic E-state index is 10.2. The highest BCUT2D eigenvalue weighted by atomic mass is 16.7. The van der Waals surface area contributed by atoms with E-state index in [2.05, 4.69) is 10.1 Å². The Morgan fingerprint density at radius 1 is 1.31 bits per heavy atom. The number of hydrogen-bond donors (Lipinski definition) is 3. The molecule has 0 aliphatic rings. The molecule has 6 nitrogen and oxygen atoms in total. The first-order valence-corrected chi connectivity index (χ1v) is 4.02. The molecule has 0 aromatic carbocycles. The Labute approximate surface area is 76.0 Å². The van der Waals surface area contributed by atoms with Gasteiger partial charge in [-0.15, -0.1) is 0 Å². The van der Waals surface area contributed by atoms with Crippen LogP contribution in [0.2, 0.25) is 0 Å². The molecule has 0 aliphatic carbocycles. The molecule has 0 fully saturated rings. The minimum absolute atomic E-state index is 0.200. The number of hydrogen-bond acceptors (Lipinski definition) is 3. The van der Waals surface area contributed by atoms with Gasteiger partial charge in [-0.1, -0.05) is 0 Å². The van der Waals surface area contributed by atoms with Gasteiger partial charge in [0.1, 0.15) is 0 Å². The molecule has 0 aromatic rings. The highest BCUT2D eigenvalue weighted by Gasteiger charge is 1.95. The van der Waals surface area contributed by atoms with E-state index in [4.69, 9.17) is 10.8 Å². The Bertz CT molecular complexity index is 154. The number of carbonyl (C=O) groups excluding carboxylic acids is 1. The van der Waals surface area contributed by atoms with E-state index in [-0.39, 0.29) is 6.61 Å². The number of carbonyl (C=O) groups is 2. The van der Waals surface area contributed by atoms with E-state index in [1.54, 1.807) is 0 Å². The number of carboxylic acid groups (broad SMARTS) is 1. The van der Waals surface area contributed by atoms with Crippen molar-refractivity contribution in [2.45, 2.75) is 19.3 Å². The molecule has 0 aromatic heterocycles. The number of ether oxygens (including phenoxy) is 1. The van der Waals surface area contributed by atoms with Crippen LogP contribution < -0.4 is 11.1 Å². The lowest BCUT2D eigenvalue weighted by atomic mass is 10.2. The number of nitrogens with two attached hydrogens (primary N) is 1. The van der Waals surface area contributed by atoms with Gasteiger partial charge in [-0.05, 0) is 19.3 Å². The minimum Gasteiger partial charge on any atom is -0.450 e. The van der Waals surface area contributed by atoms with Gasteiger partial charge in [-0.25, -0.2) is 9.59 Å². The molecule has 2 amide bonds. The van der Waals surface area contributed by atoms with Gasteiger partial charge in [0.05, 0.1) is 6.61 Å². The van der Waals surface area contributed by atoms with E-state index in [1.807, 2.05) is 0 Å². The standard InChI is InChI=1S/C7H14N2O4/c8-6(10)9-4-2-1-3-5-13-7(11)12/h1-5H2,(H,11,12)(H3,8,9,10). The number of primary amides is 1. The van der Waals surface area contributed by atoms with Crippen LogP contribution in [0.5, 0.6) is 0 Å². The fourth-order valence-electron chi connectivity index (χ4n) is 0.775. The molecule has 0 radical (unpaired) electrons. The smallest absolute Gasteiger partial charge is 0.450 e. The largest absolute Gasteiger partial charge is 0.505 e. The summed E-state index contributed by atoms with van der Waals surface area (Å²) >= 11 is 0. The first kappa shape index (κ1) is 11.5. The Kier molecular flexibility index (Phi) is 6.39. The van der Waals surface area contributed by atoms with Crippen LogP contribution in [0.25, 0.3) is 0 Å². The second-order valence-corrected chi connectivity index (χ2v) is 2.47. The lowest BCUT2D eigenvalue weighted by molar-refractivity contribution is 0.0900. The van der Waals surface area contributed by atoms with Crippen molar-refractivity contribution in [3.8, 4) is 0 Å². The molecule has 0 rings (SSSR count). The van der Waals surface area contributed by atoms with Gasteiger partial charge in [0.15, 0.2) is 0 Å². The van der Waals surface area contributed by atoms with Crippen LogP contribution in [0.4, 0.5) is 9.59 Å². The summed E-state index contributed by atoms with van der Waals surface area (Å²) in [6.45, 7) is 0.717. The topological polar surface area (TPSA) is 102 Å². The van der Waals surface area contributed by atoms with Crippen LogP contribution in [-0.2, 0) is 4.74 Å². The number of rotatable bonds is 6. The number of nitrogens with one attached hydrogen (secondary N) is 1. The predicted octanol–water partition coefficient (Wildman–Crippen LogP) is 0.520. The van der Waals surface area contributed by atoms with Gasteiger partial charge in [0.25, 0.3) is 0 Å². The molecule has 76 valence electrons.